The molecular weight excluding hydrogens is 494 g/mol. The highest BCUT2D eigenvalue weighted by atomic mass is 16.5. The standard InChI is InChI=1S/C28H29N9O2/c1-19-8-9-23(16-20(19)2)34-35-24-10-11-25(38)21(17-24)18-29-36-27-31-26(30-22-6-4-3-5-7-22)32-28(33-27)37-12-14-39-15-13-37/h3-11,16-18,38H,12-15H2,1-2H3,(H2,30,31,32,33,36)/b29-18-,35-34?. The van der Waals surface area contributed by atoms with Gasteiger partial charge in [-0.15, -0.1) is 0 Å². The molecule has 0 radical (unpaired) electrons. The molecule has 1 aliphatic rings. The van der Waals surface area contributed by atoms with Crippen LogP contribution in [-0.2, 0) is 4.74 Å². The molecule has 2 heterocycles. The molecule has 198 valence electrons. The fourth-order valence-corrected chi connectivity index (χ4v) is 3.80. The van der Waals surface area contributed by atoms with Gasteiger partial charge < -0.3 is 20.1 Å². The zero-order valence-electron chi connectivity index (χ0n) is 21.7. The molecule has 5 rings (SSSR count). The molecular formula is C28H29N9O2. The molecule has 0 bridgehead atoms. The molecule has 1 aliphatic heterocycles. The maximum absolute atomic E-state index is 10.3. The lowest BCUT2D eigenvalue weighted by Gasteiger charge is -2.27. The van der Waals surface area contributed by atoms with Crippen molar-refractivity contribution in [1.82, 2.24) is 15.0 Å². The van der Waals surface area contributed by atoms with E-state index in [0.29, 0.717) is 49.5 Å². The molecule has 0 aliphatic carbocycles. The minimum Gasteiger partial charge on any atom is -0.507 e. The number of azo groups is 1. The van der Waals surface area contributed by atoms with Crippen molar-refractivity contribution in [2.24, 2.45) is 15.3 Å². The summed E-state index contributed by atoms with van der Waals surface area (Å²) in [6.07, 6.45) is 1.48. The highest BCUT2D eigenvalue weighted by Crippen LogP contribution is 2.25. The van der Waals surface area contributed by atoms with Crippen molar-refractivity contribution in [3.8, 4) is 5.75 Å². The van der Waals surface area contributed by atoms with E-state index in [1.807, 2.05) is 60.4 Å². The number of phenols is 1. The average molecular weight is 524 g/mol. The Labute approximate surface area is 226 Å². The second-order valence-corrected chi connectivity index (χ2v) is 8.95. The van der Waals surface area contributed by atoms with Crippen molar-refractivity contribution in [3.63, 3.8) is 0 Å². The van der Waals surface area contributed by atoms with E-state index in [0.717, 1.165) is 16.9 Å². The zero-order valence-corrected chi connectivity index (χ0v) is 21.7. The minimum absolute atomic E-state index is 0.0572. The Hall–Kier alpha value is -4.90. The van der Waals surface area contributed by atoms with Gasteiger partial charge in [0.05, 0.1) is 30.8 Å². The topological polar surface area (TPSA) is 133 Å². The van der Waals surface area contributed by atoms with Crippen LogP contribution in [0.15, 0.2) is 82.1 Å². The Bertz CT molecular complexity index is 1490. The smallest absolute Gasteiger partial charge is 0.250 e. The summed E-state index contributed by atoms with van der Waals surface area (Å²) in [5.74, 6) is 1.21. The molecule has 0 unspecified atom stereocenters. The largest absolute Gasteiger partial charge is 0.507 e. The predicted octanol–water partition coefficient (Wildman–Crippen LogP) is 5.64. The number of para-hydroxylation sites is 1. The van der Waals surface area contributed by atoms with E-state index in [-0.39, 0.29) is 11.7 Å². The molecule has 0 amide bonds. The number of aryl methyl sites for hydroxylation is 2. The summed E-state index contributed by atoms with van der Waals surface area (Å²) in [7, 11) is 0. The molecule has 3 aromatic carbocycles. The molecule has 39 heavy (non-hydrogen) atoms. The molecule has 11 nitrogen and oxygen atoms in total. The van der Waals surface area contributed by atoms with E-state index < -0.39 is 0 Å². The van der Waals surface area contributed by atoms with Gasteiger partial charge in [-0.05, 0) is 67.4 Å². The molecule has 3 N–H and O–H groups in total. The number of phenolic OH excluding ortho intramolecular Hbond substituents is 1. The third kappa shape index (κ3) is 6.90. The van der Waals surface area contributed by atoms with Crippen LogP contribution in [0.3, 0.4) is 0 Å². The second-order valence-electron chi connectivity index (χ2n) is 8.95. The minimum atomic E-state index is 0.0572. The maximum atomic E-state index is 10.3. The number of hydrogen-bond acceptors (Lipinski definition) is 11. The van der Waals surface area contributed by atoms with E-state index in [9.17, 15) is 5.11 Å². The lowest BCUT2D eigenvalue weighted by Crippen LogP contribution is -2.37. The molecule has 1 saturated heterocycles. The van der Waals surface area contributed by atoms with Gasteiger partial charge in [0.1, 0.15) is 5.75 Å². The van der Waals surface area contributed by atoms with Crippen molar-refractivity contribution >= 4 is 41.1 Å². The van der Waals surface area contributed by atoms with Crippen LogP contribution in [0.2, 0.25) is 0 Å². The summed E-state index contributed by atoms with van der Waals surface area (Å²) in [4.78, 5) is 15.6. The third-order valence-electron chi connectivity index (χ3n) is 6.10. The average Bonchev–Trinajstić information content (AvgIpc) is 2.96. The highest BCUT2D eigenvalue weighted by molar-refractivity contribution is 5.85. The van der Waals surface area contributed by atoms with Crippen molar-refractivity contribution in [1.29, 1.82) is 0 Å². The van der Waals surface area contributed by atoms with E-state index in [1.165, 1.54) is 11.8 Å². The van der Waals surface area contributed by atoms with Gasteiger partial charge >= 0.3 is 0 Å². The monoisotopic (exact) mass is 523 g/mol. The van der Waals surface area contributed by atoms with Gasteiger partial charge in [0.2, 0.25) is 17.8 Å². The number of aromatic hydroxyl groups is 1. The van der Waals surface area contributed by atoms with Crippen LogP contribution < -0.4 is 15.6 Å². The molecule has 11 heteroatoms. The molecule has 0 atom stereocenters. The summed E-state index contributed by atoms with van der Waals surface area (Å²) in [5, 5.41) is 26.4. The molecule has 1 aromatic heterocycles. The Morgan fingerprint density at radius 3 is 2.33 bits per heavy atom. The molecule has 0 saturated carbocycles. The first-order chi connectivity index (χ1) is 19.0. The molecule has 1 fully saturated rings. The number of nitrogens with zero attached hydrogens (tertiary/aromatic N) is 7. The number of ether oxygens (including phenoxy) is 1. The quantitative estimate of drug-likeness (QED) is 0.154. The van der Waals surface area contributed by atoms with Gasteiger partial charge in [0, 0.05) is 24.3 Å². The first-order valence-electron chi connectivity index (χ1n) is 12.6. The number of anilines is 4. The Kier molecular flexibility index (Phi) is 7.98. The fourth-order valence-electron chi connectivity index (χ4n) is 3.80. The lowest BCUT2D eigenvalue weighted by molar-refractivity contribution is 0.122. The Morgan fingerprint density at radius 2 is 1.56 bits per heavy atom. The summed E-state index contributed by atoms with van der Waals surface area (Å²) in [6.45, 7) is 6.64. The van der Waals surface area contributed by atoms with Crippen LogP contribution in [0.25, 0.3) is 0 Å². The van der Waals surface area contributed by atoms with E-state index >= 15 is 0 Å². The van der Waals surface area contributed by atoms with E-state index in [2.05, 4.69) is 47.9 Å². The number of morpholine rings is 1. The van der Waals surface area contributed by atoms with Crippen LogP contribution in [-0.4, -0.2) is 52.6 Å². The summed E-state index contributed by atoms with van der Waals surface area (Å²) in [6, 6.07) is 20.5. The van der Waals surface area contributed by atoms with Crippen molar-refractivity contribution < 1.29 is 9.84 Å². The first-order valence-corrected chi connectivity index (χ1v) is 12.6. The second kappa shape index (κ2) is 12.1. The van der Waals surface area contributed by atoms with Crippen molar-refractivity contribution in [2.75, 3.05) is 41.9 Å². The SMILES string of the molecule is Cc1ccc(N=Nc2ccc(O)c(/C=N\Nc3nc(Nc4ccccc4)nc(N4CCOCC4)n3)c2)cc1C. The number of hydrazone groups is 1. The number of benzene rings is 3. The summed E-state index contributed by atoms with van der Waals surface area (Å²) < 4.78 is 5.46. The third-order valence-corrected chi connectivity index (χ3v) is 6.10. The number of nitrogens with one attached hydrogen (secondary N) is 2. The van der Waals surface area contributed by atoms with Gasteiger partial charge in [-0.25, -0.2) is 5.43 Å². The van der Waals surface area contributed by atoms with Gasteiger partial charge in [0.15, 0.2) is 0 Å². The van der Waals surface area contributed by atoms with Crippen LogP contribution in [0.1, 0.15) is 16.7 Å². The fraction of sp³-hybridized carbons (Fsp3) is 0.214. The molecule has 0 spiro atoms. The van der Waals surface area contributed by atoms with E-state index in [4.69, 9.17) is 4.74 Å². The van der Waals surface area contributed by atoms with Gasteiger partial charge in [-0.3, -0.25) is 0 Å². The highest BCUT2D eigenvalue weighted by Gasteiger charge is 2.16. The van der Waals surface area contributed by atoms with Crippen molar-refractivity contribution in [3.05, 3.63) is 83.4 Å². The van der Waals surface area contributed by atoms with Gasteiger partial charge in [-0.2, -0.15) is 30.3 Å². The number of rotatable bonds is 8. The molecule has 4 aromatic rings. The lowest BCUT2D eigenvalue weighted by atomic mass is 10.1. The van der Waals surface area contributed by atoms with Crippen LogP contribution in [0, 0.1) is 13.8 Å². The maximum Gasteiger partial charge on any atom is 0.250 e. The van der Waals surface area contributed by atoms with Crippen molar-refractivity contribution in [2.45, 2.75) is 13.8 Å². The van der Waals surface area contributed by atoms with Crippen LogP contribution >= 0.6 is 0 Å². The summed E-state index contributed by atoms with van der Waals surface area (Å²) >= 11 is 0. The Balaban J connectivity index is 1.34. The van der Waals surface area contributed by atoms with Crippen LogP contribution in [0.4, 0.5) is 34.9 Å². The number of aromatic nitrogens is 3. The van der Waals surface area contributed by atoms with E-state index in [1.54, 1.807) is 18.2 Å². The van der Waals surface area contributed by atoms with Gasteiger partial charge in [-0.1, -0.05) is 24.3 Å². The normalized spacial score (nSPS) is 13.7. The summed E-state index contributed by atoms with van der Waals surface area (Å²) in [5.41, 5.74) is 7.85. The predicted molar refractivity (Wildman–Crippen MR) is 152 cm³/mol. The number of hydrogen-bond donors (Lipinski definition) is 3. The Morgan fingerprint density at radius 1 is 0.846 bits per heavy atom. The zero-order chi connectivity index (χ0) is 27.0. The van der Waals surface area contributed by atoms with Gasteiger partial charge in [0.25, 0.3) is 0 Å². The van der Waals surface area contributed by atoms with Crippen LogP contribution in [0.5, 0.6) is 5.75 Å². The first kappa shape index (κ1) is 25.7.